The molecule has 0 unspecified atom stereocenters. The SMILES string of the molecule is c1ccc(-c2ccc(-c3cc(-c4cccc(-c5ccccc5)c4)cc(-c4nc(-c5ccc6ccccc6c5)nc(-c5ccc6ccccc6c5)n4)c3)cc2)cc1. The minimum Gasteiger partial charge on any atom is -0.208 e. The van der Waals surface area contributed by atoms with Gasteiger partial charge >= 0.3 is 0 Å². The Morgan fingerprint density at radius 2 is 0.500 bits per heavy atom. The van der Waals surface area contributed by atoms with Crippen LogP contribution < -0.4 is 0 Å². The molecule has 0 aliphatic heterocycles. The van der Waals surface area contributed by atoms with Crippen LogP contribution in [-0.4, -0.2) is 15.0 Å². The van der Waals surface area contributed by atoms with Crippen molar-refractivity contribution < 1.29 is 0 Å². The Labute approximate surface area is 326 Å². The van der Waals surface area contributed by atoms with E-state index in [1.54, 1.807) is 0 Å². The normalized spacial score (nSPS) is 11.2. The monoisotopic (exact) mass is 713 g/mol. The van der Waals surface area contributed by atoms with Gasteiger partial charge in [-0.1, -0.05) is 176 Å². The van der Waals surface area contributed by atoms with Crippen LogP contribution in [0.5, 0.6) is 0 Å². The van der Waals surface area contributed by atoms with Crippen LogP contribution in [0.25, 0.3) is 100 Å². The van der Waals surface area contributed by atoms with Crippen molar-refractivity contribution in [1.29, 1.82) is 0 Å². The lowest BCUT2D eigenvalue weighted by Gasteiger charge is -2.14. The molecule has 1 heterocycles. The predicted octanol–water partition coefficient (Wildman–Crippen LogP) is 13.8. The molecule has 0 saturated carbocycles. The molecule has 0 radical (unpaired) electrons. The summed E-state index contributed by atoms with van der Waals surface area (Å²) in [6.07, 6.45) is 0. The second-order valence-corrected chi connectivity index (χ2v) is 14.1. The zero-order chi connectivity index (χ0) is 37.3. The lowest BCUT2D eigenvalue weighted by Crippen LogP contribution is -2.01. The van der Waals surface area contributed by atoms with Gasteiger partial charge in [0.2, 0.25) is 0 Å². The Bertz CT molecular complexity index is 2910. The summed E-state index contributed by atoms with van der Waals surface area (Å²) in [5.74, 6) is 1.89. The molecule has 10 rings (SSSR count). The minimum absolute atomic E-state index is 0.620. The number of hydrogen-bond donors (Lipinski definition) is 0. The lowest BCUT2D eigenvalue weighted by atomic mass is 9.93. The predicted molar refractivity (Wildman–Crippen MR) is 233 cm³/mol. The van der Waals surface area contributed by atoms with Crippen molar-refractivity contribution in [2.75, 3.05) is 0 Å². The highest BCUT2D eigenvalue weighted by Crippen LogP contribution is 2.36. The largest absolute Gasteiger partial charge is 0.208 e. The first kappa shape index (κ1) is 33.1. The highest BCUT2D eigenvalue weighted by molar-refractivity contribution is 5.89. The van der Waals surface area contributed by atoms with Crippen molar-refractivity contribution >= 4 is 21.5 Å². The molecule has 0 spiro atoms. The van der Waals surface area contributed by atoms with E-state index in [2.05, 4.69) is 212 Å². The van der Waals surface area contributed by atoms with E-state index in [0.29, 0.717) is 17.5 Å². The van der Waals surface area contributed by atoms with Gasteiger partial charge in [0.25, 0.3) is 0 Å². The molecule has 3 nitrogen and oxygen atoms in total. The Kier molecular flexibility index (Phi) is 8.51. The number of hydrogen-bond acceptors (Lipinski definition) is 3. The van der Waals surface area contributed by atoms with Gasteiger partial charge in [-0.2, -0.15) is 0 Å². The molecule has 262 valence electrons. The fourth-order valence-electron chi connectivity index (χ4n) is 7.50. The molecule has 0 bridgehead atoms. The molecular formula is C53H35N3. The van der Waals surface area contributed by atoms with Crippen molar-refractivity contribution in [3.05, 3.63) is 212 Å². The average molecular weight is 714 g/mol. The maximum atomic E-state index is 5.23. The highest BCUT2D eigenvalue weighted by Gasteiger charge is 2.16. The first-order chi connectivity index (χ1) is 27.7. The fourth-order valence-corrected chi connectivity index (χ4v) is 7.50. The zero-order valence-corrected chi connectivity index (χ0v) is 30.5. The van der Waals surface area contributed by atoms with Gasteiger partial charge in [0, 0.05) is 16.7 Å². The molecule has 56 heavy (non-hydrogen) atoms. The fraction of sp³-hybridized carbons (Fsp3) is 0. The van der Waals surface area contributed by atoms with Crippen molar-refractivity contribution in [1.82, 2.24) is 15.0 Å². The van der Waals surface area contributed by atoms with Crippen LogP contribution in [0.15, 0.2) is 212 Å². The lowest BCUT2D eigenvalue weighted by molar-refractivity contribution is 1.08. The van der Waals surface area contributed by atoms with E-state index in [-0.39, 0.29) is 0 Å². The highest BCUT2D eigenvalue weighted by atomic mass is 15.0. The van der Waals surface area contributed by atoms with Crippen LogP contribution in [0.4, 0.5) is 0 Å². The molecule has 3 heteroatoms. The number of nitrogens with zero attached hydrogens (tertiary/aromatic N) is 3. The van der Waals surface area contributed by atoms with Crippen LogP contribution in [-0.2, 0) is 0 Å². The molecule has 0 N–H and O–H groups in total. The average Bonchev–Trinajstić information content (AvgIpc) is 3.29. The summed E-state index contributed by atoms with van der Waals surface area (Å²) in [5, 5.41) is 4.63. The van der Waals surface area contributed by atoms with Crippen molar-refractivity contribution in [3.8, 4) is 78.7 Å². The smallest absolute Gasteiger partial charge is 0.164 e. The van der Waals surface area contributed by atoms with Crippen LogP contribution in [0.2, 0.25) is 0 Å². The minimum atomic E-state index is 0.620. The van der Waals surface area contributed by atoms with Crippen molar-refractivity contribution in [2.45, 2.75) is 0 Å². The van der Waals surface area contributed by atoms with Gasteiger partial charge in [-0.15, -0.1) is 0 Å². The van der Waals surface area contributed by atoms with Gasteiger partial charge in [0.1, 0.15) is 0 Å². The summed E-state index contributed by atoms with van der Waals surface area (Å²) in [7, 11) is 0. The third-order valence-electron chi connectivity index (χ3n) is 10.5. The molecule has 0 fully saturated rings. The summed E-state index contributed by atoms with van der Waals surface area (Å²) < 4.78 is 0. The molecule has 0 aliphatic carbocycles. The summed E-state index contributed by atoms with van der Waals surface area (Å²) in [4.78, 5) is 15.6. The summed E-state index contributed by atoms with van der Waals surface area (Å²) >= 11 is 0. The summed E-state index contributed by atoms with van der Waals surface area (Å²) in [6, 6.07) is 75.0. The zero-order valence-electron chi connectivity index (χ0n) is 30.5. The first-order valence-corrected chi connectivity index (χ1v) is 18.9. The standard InChI is InChI=1S/C53H35N3/c1-3-12-36(13-4-1)40-22-24-41(25-23-40)48-33-49(45-21-11-20-44(30-45)37-14-5-2-6-15-37)35-50(34-48)53-55-51(46-28-26-38-16-7-9-18-42(38)31-46)54-52(56-53)47-29-27-39-17-8-10-19-43(39)32-47/h1-35H. The number of benzene rings is 9. The molecule has 0 amide bonds. The molecular weight excluding hydrogens is 679 g/mol. The molecule has 0 atom stereocenters. The van der Waals surface area contributed by atoms with Gasteiger partial charge in [0.15, 0.2) is 17.5 Å². The number of rotatable bonds is 7. The van der Waals surface area contributed by atoms with E-state index >= 15 is 0 Å². The van der Waals surface area contributed by atoms with Gasteiger partial charge in [-0.3, -0.25) is 0 Å². The molecule has 10 aromatic rings. The Hall–Kier alpha value is -7.49. The Balaban J connectivity index is 1.17. The molecule has 9 aromatic carbocycles. The topological polar surface area (TPSA) is 38.7 Å². The maximum absolute atomic E-state index is 5.23. The maximum Gasteiger partial charge on any atom is 0.164 e. The van der Waals surface area contributed by atoms with Crippen LogP contribution in [0.3, 0.4) is 0 Å². The summed E-state index contributed by atoms with van der Waals surface area (Å²) in [6.45, 7) is 0. The van der Waals surface area contributed by atoms with E-state index in [4.69, 9.17) is 15.0 Å². The summed E-state index contributed by atoms with van der Waals surface area (Å²) in [5.41, 5.74) is 11.9. The molecule has 0 aliphatic rings. The van der Waals surface area contributed by atoms with Gasteiger partial charge in [-0.25, -0.2) is 15.0 Å². The van der Waals surface area contributed by atoms with E-state index in [9.17, 15) is 0 Å². The van der Waals surface area contributed by atoms with Crippen molar-refractivity contribution in [2.24, 2.45) is 0 Å². The van der Waals surface area contributed by atoms with Gasteiger partial charge < -0.3 is 0 Å². The van der Waals surface area contributed by atoms with Crippen LogP contribution in [0.1, 0.15) is 0 Å². The quantitative estimate of drug-likeness (QED) is 0.165. The Morgan fingerprint density at radius 3 is 1.04 bits per heavy atom. The van der Waals surface area contributed by atoms with Crippen LogP contribution in [0, 0.1) is 0 Å². The first-order valence-electron chi connectivity index (χ1n) is 18.9. The van der Waals surface area contributed by atoms with Crippen LogP contribution >= 0.6 is 0 Å². The second kappa shape index (κ2) is 14.4. The number of aromatic nitrogens is 3. The second-order valence-electron chi connectivity index (χ2n) is 14.1. The molecule has 0 saturated heterocycles. The number of fused-ring (bicyclic) bond motifs is 2. The van der Waals surface area contributed by atoms with E-state index in [0.717, 1.165) is 49.7 Å². The van der Waals surface area contributed by atoms with E-state index < -0.39 is 0 Å². The van der Waals surface area contributed by atoms with Gasteiger partial charge in [-0.05, 0) is 102 Å². The van der Waals surface area contributed by atoms with Crippen molar-refractivity contribution in [3.63, 3.8) is 0 Å². The van der Waals surface area contributed by atoms with E-state index in [1.165, 1.54) is 33.0 Å². The third kappa shape index (κ3) is 6.63. The Morgan fingerprint density at radius 1 is 0.179 bits per heavy atom. The third-order valence-corrected chi connectivity index (χ3v) is 10.5. The molecule has 1 aromatic heterocycles. The van der Waals surface area contributed by atoms with E-state index in [1.807, 2.05) is 0 Å². The van der Waals surface area contributed by atoms with Gasteiger partial charge in [0.05, 0.1) is 0 Å².